The Kier molecular flexibility index (Phi) is 5.46. The van der Waals surface area contributed by atoms with E-state index in [1.165, 1.54) is 40.8 Å². The summed E-state index contributed by atoms with van der Waals surface area (Å²) in [6.07, 6.45) is 7.71. The van der Waals surface area contributed by atoms with Crippen LogP contribution in [0, 0.1) is 11.3 Å². The van der Waals surface area contributed by atoms with Crippen LogP contribution in [0.5, 0.6) is 0 Å². The standard InChI is InChI=1S/C15H25BrN2S/c1-11(2)10-15(7-3-4-8-15)13(18-17)9-12-5-6-14(16)19-12/h5-6,11,13,18H,3-4,7-10,17H2,1-2H3. The van der Waals surface area contributed by atoms with Crippen molar-refractivity contribution < 1.29 is 0 Å². The molecule has 2 nitrogen and oxygen atoms in total. The number of hydrogen-bond donors (Lipinski definition) is 2. The van der Waals surface area contributed by atoms with Gasteiger partial charge in [0.15, 0.2) is 0 Å². The van der Waals surface area contributed by atoms with E-state index in [-0.39, 0.29) is 0 Å². The van der Waals surface area contributed by atoms with Crippen molar-refractivity contribution in [2.45, 2.75) is 58.4 Å². The van der Waals surface area contributed by atoms with Crippen LogP contribution in [0.1, 0.15) is 50.8 Å². The zero-order chi connectivity index (χ0) is 13.9. The van der Waals surface area contributed by atoms with Crippen LogP contribution in [0.25, 0.3) is 0 Å². The van der Waals surface area contributed by atoms with Gasteiger partial charge in [-0.15, -0.1) is 11.3 Å². The Bertz CT molecular complexity index is 397. The van der Waals surface area contributed by atoms with Crippen molar-refractivity contribution in [1.82, 2.24) is 5.43 Å². The minimum Gasteiger partial charge on any atom is -0.271 e. The molecule has 0 aromatic carbocycles. The molecule has 1 aliphatic rings. The zero-order valence-corrected chi connectivity index (χ0v) is 14.3. The Hall–Kier alpha value is 0.1000. The number of nitrogens with two attached hydrogens (primary N) is 1. The van der Waals surface area contributed by atoms with Crippen molar-refractivity contribution >= 4 is 27.3 Å². The summed E-state index contributed by atoms with van der Waals surface area (Å²) in [5, 5.41) is 0. The minimum absolute atomic E-state index is 0.402. The summed E-state index contributed by atoms with van der Waals surface area (Å²) >= 11 is 5.38. The van der Waals surface area contributed by atoms with Crippen molar-refractivity contribution in [3.63, 3.8) is 0 Å². The summed E-state index contributed by atoms with van der Waals surface area (Å²) in [5.41, 5.74) is 3.54. The molecule has 108 valence electrons. The van der Waals surface area contributed by atoms with Crippen LogP contribution in [0.4, 0.5) is 0 Å². The fourth-order valence-electron chi connectivity index (χ4n) is 3.70. The molecule has 1 aliphatic carbocycles. The lowest BCUT2D eigenvalue weighted by Gasteiger charge is -2.38. The molecule has 0 spiro atoms. The molecule has 1 unspecified atom stereocenters. The maximum Gasteiger partial charge on any atom is 0.0701 e. The van der Waals surface area contributed by atoms with Crippen LogP contribution in [0.3, 0.4) is 0 Å². The first-order valence-corrected chi connectivity index (χ1v) is 8.87. The summed E-state index contributed by atoms with van der Waals surface area (Å²) in [4.78, 5) is 1.42. The van der Waals surface area contributed by atoms with E-state index in [1.807, 2.05) is 11.3 Å². The van der Waals surface area contributed by atoms with Gasteiger partial charge in [0.1, 0.15) is 0 Å². The largest absolute Gasteiger partial charge is 0.271 e. The van der Waals surface area contributed by atoms with Gasteiger partial charge in [-0.2, -0.15) is 0 Å². The van der Waals surface area contributed by atoms with E-state index in [0.717, 1.165) is 12.3 Å². The van der Waals surface area contributed by atoms with Gasteiger partial charge in [-0.3, -0.25) is 11.3 Å². The van der Waals surface area contributed by atoms with E-state index in [1.54, 1.807) is 0 Å². The van der Waals surface area contributed by atoms with Gasteiger partial charge < -0.3 is 0 Å². The highest BCUT2D eigenvalue weighted by Crippen LogP contribution is 2.46. The van der Waals surface area contributed by atoms with E-state index in [0.29, 0.717) is 11.5 Å². The fraction of sp³-hybridized carbons (Fsp3) is 0.733. The highest BCUT2D eigenvalue weighted by Gasteiger charge is 2.41. The fourth-order valence-corrected chi connectivity index (χ4v) is 5.23. The van der Waals surface area contributed by atoms with Crippen LogP contribution < -0.4 is 11.3 Å². The number of halogens is 1. The molecular weight excluding hydrogens is 320 g/mol. The van der Waals surface area contributed by atoms with Gasteiger partial charge in [-0.1, -0.05) is 26.7 Å². The van der Waals surface area contributed by atoms with Crippen molar-refractivity contribution in [3.05, 3.63) is 20.8 Å². The third-order valence-corrected chi connectivity index (χ3v) is 6.03. The van der Waals surface area contributed by atoms with Crippen molar-refractivity contribution in [2.75, 3.05) is 0 Å². The van der Waals surface area contributed by atoms with Gasteiger partial charge in [0, 0.05) is 10.9 Å². The predicted octanol–water partition coefficient (Wildman–Crippen LogP) is 4.49. The Balaban J connectivity index is 2.13. The Labute approximate surface area is 129 Å². The first-order chi connectivity index (χ1) is 9.05. The predicted molar refractivity (Wildman–Crippen MR) is 87.2 cm³/mol. The first-order valence-electron chi connectivity index (χ1n) is 7.26. The van der Waals surface area contributed by atoms with Crippen LogP contribution in [0.2, 0.25) is 0 Å². The van der Waals surface area contributed by atoms with Gasteiger partial charge in [0.2, 0.25) is 0 Å². The van der Waals surface area contributed by atoms with E-state index in [4.69, 9.17) is 5.84 Å². The van der Waals surface area contributed by atoms with Crippen LogP contribution in [-0.2, 0) is 6.42 Å². The Morgan fingerprint density at radius 2 is 2.05 bits per heavy atom. The van der Waals surface area contributed by atoms with Gasteiger partial charge in [0.25, 0.3) is 0 Å². The van der Waals surface area contributed by atoms with E-state index < -0.39 is 0 Å². The number of rotatable bonds is 6. The Morgan fingerprint density at radius 1 is 1.37 bits per heavy atom. The number of hydrazine groups is 1. The average Bonchev–Trinajstić information content (AvgIpc) is 2.95. The molecule has 0 saturated heterocycles. The maximum atomic E-state index is 5.91. The molecule has 0 radical (unpaired) electrons. The quantitative estimate of drug-likeness (QED) is 0.589. The smallest absolute Gasteiger partial charge is 0.0701 e. The third-order valence-electron chi connectivity index (χ3n) is 4.39. The molecule has 0 aliphatic heterocycles. The molecule has 4 heteroatoms. The minimum atomic E-state index is 0.402. The molecule has 1 heterocycles. The lowest BCUT2D eigenvalue weighted by Crippen LogP contribution is -2.49. The van der Waals surface area contributed by atoms with Gasteiger partial charge in [-0.25, -0.2) is 0 Å². The number of hydrogen-bond acceptors (Lipinski definition) is 3. The summed E-state index contributed by atoms with van der Waals surface area (Å²) in [6, 6.07) is 4.76. The SMILES string of the molecule is CC(C)CC1(C(Cc2ccc(Br)s2)NN)CCCC1. The van der Waals surface area contributed by atoms with Gasteiger partial charge >= 0.3 is 0 Å². The van der Waals surface area contributed by atoms with E-state index in [2.05, 4.69) is 47.3 Å². The lowest BCUT2D eigenvalue weighted by atomic mass is 9.71. The van der Waals surface area contributed by atoms with Gasteiger partial charge in [0.05, 0.1) is 3.79 Å². The lowest BCUT2D eigenvalue weighted by molar-refractivity contribution is 0.155. The normalized spacial score (nSPS) is 20.1. The molecule has 0 amide bonds. The molecule has 1 fully saturated rings. The molecule has 1 aromatic heterocycles. The molecule has 1 aromatic rings. The van der Waals surface area contributed by atoms with Crippen LogP contribution >= 0.6 is 27.3 Å². The third kappa shape index (κ3) is 3.81. The van der Waals surface area contributed by atoms with Crippen LogP contribution in [0.15, 0.2) is 15.9 Å². The maximum absolute atomic E-state index is 5.91. The zero-order valence-electron chi connectivity index (χ0n) is 11.9. The summed E-state index contributed by atoms with van der Waals surface area (Å²) in [7, 11) is 0. The van der Waals surface area contributed by atoms with Crippen molar-refractivity contribution in [2.24, 2.45) is 17.2 Å². The molecule has 1 saturated carbocycles. The van der Waals surface area contributed by atoms with Crippen molar-refractivity contribution in [3.8, 4) is 0 Å². The van der Waals surface area contributed by atoms with Crippen LogP contribution in [-0.4, -0.2) is 6.04 Å². The molecule has 2 rings (SSSR count). The second-order valence-electron chi connectivity index (χ2n) is 6.30. The Morgan fingerprint density at radius 3 is 2.53 bits per heavy atom. The molecule has 19 heavy (non-hydrogen) atoms. The number of thiophene rings is 1. The average molecular weight is 345 g/mol. The van der Waals surface area contributed by atoms with E-state index in [9.17, 15) is 0 Å². The van der Waals surface area contributed by atoms with Gasteiger partial charge in [-0.05, 0) is 65.1 Å². The molecular formula is C15H25BrN2S. The highest BCUT2D eigenvalue weighted by molar-refractivity contribution is 9.11. The second kappa shape index (κ2) is 6.70. The highest BCUT2D eigenvalue weighted by atomic mass is 79.9. The number of nitrogens with one attached hydrogen (secondary N) is 1. The molecule has 0 bridgehead atoms. The molecule has 1 atom stereocenters. The summed E-state index contributed by atoms with van der Waals surface area (Å²) in [5.74, 6) is 6.65. The van der Waals surface area contributed by atoms with E-state index >= 15 is 0 Å². The monoisotopic (exact) mass is 344 g/mol. The second-order valence-corrected chi connectivity index (χ2v) is 8.84. The molecule has 3 N–H and O–H groups in total. The summed E-state index contributed by atoms with van der Waals surface area (Å²) < 4.78 is 1.21. The van der Waals surface area contributed by atoms with Crippen molar-refractivity contribution in [1.29, 1.82) is 0 Å². The topological polar surface area (TPSA) is 38.0 Å². The summed E-state index contributed by atoms with van der Waals surface area (Å²) in [6.45, 7) is 4.66. The first kappa shape index (κ1) is 15.5.